The maximum Gasteiger partial charge on any atom is 0.305 e. The monoisotopic (exact) mass is 390 g/mol. The molecule has 11 nitrogen and oxygen atoms in total. The second-order valence-corrected chi connectivity index (χ2v) is 5.68. The third-order valence-corrected chi connectivity index (χ3v) is 3.23. The SMILES string of the molecule is CC(=O)OC[C@H](OC(C)=O)[C@@H]1OC(OC(C)=O)[C@H](OC(C)=O)[C@H]1OC(C)=O. The van der Waals surface area contributed by atoms with Gasteiger partial charge in [-0.2, -0.15) is 0 Å². The van der Waals surface area contributed by atoms with E-state index in [0.717, 1.165) is 34.6 Å². The highest BCUT2D eigenvalue weighted by atomic mass is 16.8. The molecule has 5 atom stereocenters. The van der Waals surface area contributed by atoms with E-state index in [4.69, 9.17) is 28.4 Å². The fraction of sp³-hybridized carbons (Fsp3) is 0.688. The van der Waals surface area contributed by atoms with Crippen molar-refractivity contribution in [3.05, 3.63) is 0 Å². The Labute approximate surface area is 155 Å². The van der Waals surface area contributed by atoms with Gasteiger partial charge in [0, 0.05) is 34.6 Å². The summed E-state index contributed by atoms with van der Waals surface area (Å²) < 4.78 is 30.7. The molecule has 0 amide bonds. The lowest BCUT2D eigenvalue weighted by Crippen LogP contribution is -2.46. The maximum absolute atomic E-state index is 11.5. The van der Waals surface area contributed by atoms with Gasteiger partial charge in [-0.15, -0.1) is 0 Å². The fourth-order valence-electron chi connectivity index (χ4n) is 2.46. The number of hydrogen-bond acceptors (Lipinski definition) is 11. The van der Waals surface area contributed by atoms with Gasteiger partial charge in [0.25, 0.3) is 0 Å². The van der Waals surface area contributed by atoms with Crippen LogP contribution >= 0.6 is 0 Å². The molecular formula is C16H22O11. The number of hydrogen-bond donors (Lipinski definition) is 0. The predicted octanol–water partition coefficient (Wildman–Crippen LogP) is -0.367. The minimum absolute atomic E-state index is 0.420. The molecular weight excluding hydrogens is 368 g/mol. The van der Waals surface area contributed by atoms with Crippen molar-refractivity contribution in [3.63, 3.8) is 0 Å². The first-order chi connectivity index (χ1) is 12.5. The highest BCUT2D eigenvalue weighted by Crippen LogP contribution is 2.31. The largest absolute Gasteiger partial charge is 0.462 e. The standard InChI is InChI=1S/C16H22O11/c1-7(17)22-6-12(23-8(2)18)13-14(24-9(3)19)15(25-10(4)20)16(27-13)26-11(5)21/h12-16H,6H2,1-5H3/t12-,13-,14-,15+,16?/m0/s1. The molecule has 0 saturated carbocycles. The lowest BCUT2D eigenvalue weighted by molar-refractivity contribution is -0.203. The number of carbonyl (C=O) groups excluding carboxylic acids is 5. The quantitative estimate of drug-likeness (QED) is 0.415. The van der Waals surface area contributed by atoms with E-state index in [9.17, 15) is 24.0 Å². The maximum atomic E-state index is 11.5. The topological polar surface area (TPSA) is 141 Å². The second-order valence-electron chi connectivity index (χ2n) is 5.68. The molecule has 1 aliphatic heterocycles. The van der Waals surface area contributed by atoms with E-state index in [1.54, 1.807) is 0 Å². The van der Waals surface area contributed by atoms with Gasteiger partial charge in [0.15, 0.2) is 12.2 Å². The zero-order valence-corrected chi connectivity index (χ0v) is 15.6. The van der Waals surface area contributed by atoms with Gasteiger partial charge in [-0.25, -0.2) is 0 Å². The summed E-state index contributed by atoms with van der Waals surface area (Å²) >= 11 is 0. The first-order valence-corrected chi connectivity index (χ1v) is 7.99. The number of carbonyl (C=O) groups is 5. The summed E-state index contributed by atoms with van der Waals surface area (Å²) in [7, 11) is 0. The Morgan fingerprint density at radius 1 is 0.741 bits per heavy atom. The Bertz CT molecular complexity index is 599. The molecule has 0 N–H and O–H groups in total. The molecule has 1 unspecified atom stereocenters. The van der Waals surface area contributed by atoms with Crippen LogP contribution in [0.1, 0.15) is 34.6 Å². The zero-order chi connectivity index (χ0) is 20.7. The molecule has 1 heterocycles. The van der Waals surface area contributed by atoms with Gasteiger partial charge in [-0.05, 0) is 0 Å². The second kappa shape index (κ2) is 9.86. The van der Waals surface area contributed by atoms with Crippen molar-refractivity contribution in [2.24, 2.45) is 0 Å². The molecule has 27 heavy (non-hydrogen) atoms. The van der Waals surface area contributed by atoms with Crippen LogP contribution in [-0.2, 0) is 52.4 Å². The lowest BCUT2D eigenvalue weighted by Gasteiger charge is -2.27. The molecule has 0 aromatic carbocycles. The summed E-state index contributed by atoms with van der Waals surface area (Å²) in [5, 5.41) is 0. The highest BCUT2D eigenvalue weighted by molar-refractivity contribution is 5.69. The van der Waals surface area contributed by atoms with Crippen LogP contribution in [0.15, 0.2) is 0 Å². The molecule has 1 saturated heterocycles. The molecule has 11 heteroatoms. The average Bonchev–Trinajstić information content (AvgIpc) is 2.79. The van der Waals surface area contributed by atoms with Crippen LogP contribution in [0.3, 0.4) is 0 Å². The van der Waals surface area contributed by atoms with Crippen molar-refractivity contribution in [2.45, 2.75) is 65.3 Å². The van der Waals surface area contributed by atoms with Crippen molar-refractivity contribution < 1.29 is 52.4 Å². The van der Waals surface area contributed by atoms with Gasteiger partial charge >= 0.3 is 29.8 Å². The van der Waals surface area contributed by atoms with Crippen molar-refractivity contribution in [1.82, 2.24) is 0 Å². The summed E-state index contributed by atoms with van der Waals surface area (Å²) in [6.07, 6.45) is -6.46. The Hall–Kier alpha value is -2.69. The summed E-state index contributed by atoms with van der Waals surface area (Å²) in [6, 6.07) is 0. The molecule has 1 rings (SSSR count). The third-order valence-electron chi connectivity index (χ3n) is 3.23. The van der Waals surface area contributed by atoms with Gasteiger partial charge < -0.3 is 28.4 Å². The summed E-state index contributed by atoms with van der Waals surface area (Å²) in [6.45, 7) is 5.15. The van der Waals surface area contributed by atoms with Gasteiger partial charge in [-0.1, -0.05) is 0 Å². The van der Waals surface area contributed by atoms with Crippen LogP contribution in [0.5, 0.6) is 0 Å². The van der Waals surface area contributed by atoms with Gasteiger partial charge in [0.2, 0.25) is 12.4 Å². The molecule has 0 spiro atoms. The smallest absolute Gasteiger partial charge is 0.305 e. The van der Waals surface area contributed by atoms with Gasteiger partial charge in [-0.3, -0.25) is 24.0 Å². The molecule has 0 aliphatic carbocycles. The van der Waals surface area contributed by atoms with Crippen molar-refractivity contribution in [3.8, 4) is 0 Å². The normalized spacial score (nSPS) is 25.1. The molecule has 1 fully saturated rings. The van der Waals surface area contributed by atoms with E-state index in [0.29, 0.717) is 0 Å². The first-order valence-electron chi connectivity index (χ1n) is 7.99. The van der Waals surface area contributed by atoms with Gasteiger partial charge in [0.1, 0.15) is 12.7 Å². The third kappa shape index (κ3) is 7.21. The van der Waals surface area contributed by atoms with Crippen LogP contribution in [0.2, 0.25) is 0 Å². The van der Waals surface area contributed by atoms with Crippen molar-refractivity contribution >= 4 is 29.8 Å². The van der Waals surface area contributed by atoms with Crippen LogP contribution in [0.4, 0.5) is 0 Å². The Morgan fingerprint density at radius 2 is 1.26 bits per heavy atom. The Balaban J connectivity index is 3.20. The lowest BCUT2D eigenvalue weighted by atomic mass is 10.1. The molecule has 0 radical (unpaired) electrons. The van der Waals surface area contributed by atoms with E-state index >= 15 is 0 Å². The van der Waals surface area contributed by atoms with Crippen LogP contribution in [0, 0.1) is 0 Å². The predicted molar refractivity (Wildman–Crippen MR) is 83.7 cm³/mol. The van der Waals surface area contributed by atoms with E-state index in [1.807, 2.05) is 0 Å². The number of esters is 5. The van der Waals surface area contributed by atoms with E-state index in [2.05, 4.69) is 0 Å². The Morgan fingerprint density at radius 3 is 1.70 bits per heavy atom. The molecule has 0 aromatic heterocycles. The molecule has 1 aliphatic rings. The Kier molecular flexibility index (Phi) is 8.16. The summed E-state index contributed by atoms with van der Waals surface area (Å²) in [4.78, 5) is 56.7. The van der Waals surface area contributed by atoms with E-state index in [1.165, 1.54) is 0 Å². The first kappa shape index (κ1) is 22.4. The minimum atomic E-state index is -1.42. The number of rotatable bonds is 7. The van der Waals surface area contributed by atoms with E-state index < -0.39 is 67.2 Å². The van der Waals surface area contributed by atoms with Gasteiger partial charge in [0.05, 0.1) is 0 Å². The van der Waals surface area contributed by atoms with Crippen LogP contribution < -0.4 is 0 Å². The molecule has 152 valence electrons. The van der Waals surface area contributed by atoms with Crippen LogP contribution in [0.25, 0.3) is 0 Å². The van der Waals surface area contributed by atoms with Crippen molar-refractivity contribution in [1.29, 1.82) is 0 Å². The van der Waals surface area contributed by atoms with Crippen LogP contribution in [-0.4, -0.2) is 67.2 Å². The summed E-state index contributed by atoms with van der Waals surface area (Å²) in [5.41, 5.74) is 0. The highest BCUT2D eigenvalue weighted by Gasteiger charge is 2.55. The fourth-order valence-corrected chi connectivity index (χ4v) is 2.46. The van der Waals surface area contributed by atoms with E-state index in [-0.39, 0.29) is 0 Å². The average molecular weight is 390 g/mol. The minimum Gasteiger partial charge on any atom is -0.462 e. The zero-order valence-electron chi connectivity index (χ0n) is 15.6. The summed E-state index contributed by atoms with van der Waals surface area (Å²) in [5.74, 6) is -3.62. The molecule has 0 bridgehead atoms. The molecule has 0 aromatic rings. The number of ether oxygens (including phenoxy) is 6. The van der Waals surface area contributed by atoms with Crippen molar-refractivity contribution in [2.75, 3.05) is 6.61 Å².